The summed E-state index contributed by atoms with van der Waals surface area (Å²) in [6.07, 6.45) is 0.975. The number of hydrogen-bond acceptors (Lipinski definition) is 7. The van der Waals surface area contributed by atoms with Gasteiger partial charge in [0.05, 0.1) is 11.9 Å². The summed E-state index contributed by atoms with van der Waals surface area (Å²) in [6.45, 7) is 3.50. The summed E-state index contributed by atoms with van der Waals surface area (Å²) in [5, 5.41) is 26.4. The molecule has 0 saturated carbocycles. The Morgan fingerprint density at radius 3 is 2.66 bits per heavy atom. The van der Waals surface area contributed by atoms with Gasteiger partial charge in [-0.05, 0) is 24.6 Å². The van der Waals surface area contributed by atoms with Gasteiger partial charge in [-0.15, -0.1) is 10.2 Å². The molecule has 4 rings (SSSR count). The summed E-state index contributed by atoms with van der Waals surface area (Å²) >= 11 is 0. The molecule has 0 fully saturated rings. The van der Waals surface area contributed by atoms with Crippen molar-refractivity contribution in [3.63, 3.8) is 0 Å². The van der Waals surface area contributed by atoms with Gasteiger partial charge >= 0.3 is 0 Å². The number of carbonyl (C=O) groups is 1. The molecule has 0 saturated heterocycles. The molecule has 164 valence electrons. The highest BCUT2D eigenvalue weighted by atomic mass is 16.1. The first-order valence-corrected chi connectivity index (χ1v) is 10.4. The molecule has 0 spiro atoms. The number of carbonyl (C=O) groups excluding carboxylic acids is 1. The van der Waals surface area contributed by atoms with E-state index in [0.717, 1.165) is 16.5 Å². The van der Waals surface area contributed by atoms with Crippen molar-refractivity contribution < 1.29 is 4.79 Å². The predicted octanol–water partition coefficient (Wildman–Crippen LogP) is 1.89. The Kier molecular flexibility index (Phi) is 6.49. The van der Waals surface area contributed by atoms with E-state index >= 15 is 0 Å². The molecule has 10 nitrogen and oxygen atoms in total. The van der Waals surface area contributed by atoms with Crippen molar-refractivity contribution in [2.45, 2.75) is 26.3 Å². The first kappa shape index (κ1) is 21.2. The monoisotopic (exact) mass is 432 g/mol. The molecule has 0 bridgehead atoms. The molecule has 0 radical (unpaired) electrons. The molecule has 0 aliphatic rings. The predicted molar refractivity (Wildman–Crippen MR) is 121 cm³/mol. The summed E-state index contributed by atoms with van der Waals surface area (Å²) in [4.78, 5) is 25.4. The maximum atomic E-state index is 12.1. The smallest absolute Gasteiger partial charge is 0.272 e. The number of rotatable bonds is 9. The zero-order valence-electron chi connectivity index (χ0n) is 17.7. The van der Waals surface area contributed by atoms with Crippen LogP contribution in [0.3, 0.4) is 0 Å². The van der Waals surface area contributed by atoms with E-state index in [1.54, 1.807) is 6.07 Å². The van der Waals surface area contributed by atoms with Gasteiger partial charge in [0, 0.05) is 30.5 Å². The second-order valence-electron chi connectivity index (χ2n) is 7.40. The number of H-pyrrole nitrogens is 1. The van der Waals surface area contributed by atoms with Crippen molar-refractivity contribution in [1.82, 2.24) is 35.7 Å². The number of tetrazole rings is 1. The molecule has 0 atom stereocenters. The van der Waals surface area contributed by atoms with Crippen molar-refractivity contribution >= 4 is 22.5 Å². The molecule has 1 amide bonds. The minimum atomic E-state index is -0.216. The molecule has 0 aliphatic heterocycles. The van der Waals surface area contributed by atoms with Crippen LogP contribution in [-0.4, -0.2) is 49.4 Å². The van der Waals surface area contributed by atoms with Crippen LogP contribution in [0.15, 0.2) is 53.3 Å². The van der Waals surface area contributed by atoms with Crippen molar-refractivity contribution in [3.8, 4) is 11.4 Å². The van der Waals surface area contributed by atoms with Gasteiger partial charge in [-0.3, -0.25) is 9.59 Å². The molecule has 3 N–H and O–H groups in total. The minimum Gasteiger partial charge on any atom is -0.368 e. The van der Waals surface area contributed by atoms with Crippen LogP contribution >= 0.6 is 0 Å². The molecule has 32 heavy (non-hydrogen) atoms. The average Bonchev–Trinajstić information content (AvgIpc) is 3.28. The SMILES string of the molecule is Cc1ccc(-c2nnn(CCC(=O)NCCCNc3n[nH]c(=O)c4ccccc34)n2)cc1. The standard InChI is InChI=1S/C22H24N8O2/c1-15-7-9-16(10-8-15)20-26-29-30(28-20)14-11-19(31)23-12-4-13-24-21-17-5-2-3-6-18(17)22(32)27-25-21/h2-3,5-10H,4,11-14H2,1H3,(H,23,31)(H,24,25)(H,27,32). The zero-order chi connectivity index (χ0) is 22.3. The molecule has 2 aromatic carbocycles. The highest BCUT2D eigenvalue weighted by Crippen LogP contribution is 2.16. The summed E-state index contributed by atoms with van der Waals surface area (Å²) in [5.74, 6) is 1.08. The van der Waals surface area contributed by atoms with Crippen LogP contribution < -0.4 is 16.2 Å². The van der Waals surface area contributed by atoms with Crippen LogP contribution in [0.4, 0.5) is 5.82 Å². The molecule has 0 aliphatic carbocycles. The van der Waals surface area contributed by atoms with Gasteiger partial charge in [-0.25, -0.2) is 5.10 Å². The van der Waals surface area contributed by atoms with Crippen molar-refractivity contribution in [1.29, 1.82) is 0 Å². The Morgan fingerprint density at radius 2 is 1.84 bits per heavy atom. The topological polar surface area (TPSA) is 130 Å². The number of aromatic amines is 1. The number of anilines is 1. The van der Waals surface area contributed by atoms with Crippen molar-refractivity contribution in [3.05, 3.63) is 64.4 Å². The normalized spacial score (nSPS) is 10.9. The highest BCUT2D eigenvalue weighted by molar-refractivity contribution is 5.90. The van der Waals surface area contributed by atoms with Crippen molar-refractivity contribution in [2.75, 3.05) is 18.4 Å². The van der Waals surface area contributed by atoms with Gasteiger partial charge in [0.2, 0.25) is 11.7 Å². The minimum absolute atomic E-state index is 0.0770. The summed E-state index contributed by atoms with van der Waals surface area (Å²) in [7, 11) is 0. The van der Waals surface area contributed by atoms with E-state index < -0.39 is 0 Å². The molecule has 2 aromatic heterocycles. The number of nitrogens with zero attached hydrogens (tertiary/aromatic N) is 5. The van der Waals surface area contributed by atoms with E-state index in [4.69, 9.17) is 0 Å². The van der Waals surface area contributed by atoms with Crippen LogP contribution in [0.2, 0.25) is 0 Å². The van der Waals surface area contributed by atoms with E-state index in [0.29, 0.717) is 43.1 Å². The van der Waals surface area contributed by atoms with Crippen molar-refractivity contribution in [2.24, 2.45) is 0 Å². The largest absolute Gasteiger partial charge is 0.368 e. The van der Waals surface area contributed by atoms with Gasteiger partial charge in [0.15, 0.2) is 5.82 Å². The third-order valence-corrected chi connectivity index (χ3v) is 4.97. The van der Waals surface area contributed by atoms with Crippen LogP contribution in [-0.2, 0) is 11.3 Å². The number of hydrogen-bond donors (Lipinski definition) is 3. The van der Waals surface area contributed by atoms with Gasteiger partial charge in [-0.2, -0.15) is 9.90 Å². The Morgan fingerprint density at radius 1 is 1.06 bits per heavy atom. The van der Waals surface area contributed by atoms with E-state index in [1.807, 2.05) is 49.4 Å². The summed E-state index contributed by atoms with van der Waals surface area (Å²) in [5.41, 5.74) is 1.84. The lowest BCUT2D eigenvalue weighted by atomic mass is 10.1. The molecular formula is C22H24N8O2. The van der Waals surface area contributed by atoms with Gasteiger partial charge in [-0.1, -0.05) is 48.0 Å². The fourth-order valence-electron chi connectivity index (χ4n) is 3.22. The second kappa shape index (κ2) is 9.82. The Balaban J connectivity index is 1.18. The Hall–Kier alpha value is -4.08. The van der Waals surface area contributed by atoms with Gasteiger partial charge in [0.1, 0.15) is 0 Å². The first-order chi connectivity index (χ1) is 15.6. The zero-order valence-corrected chi connectivity index (χ0v) is 17.7. The maximum absolute atomic E-state index is 12.1. The van der Waals surface area contributed by atoms with Gasteiger partial charge < -0.3 is 10.6 Å². The van der Waals surface area contributed by atoms with E-state index in [2.05, 4.69) is 36.2 Å². The third-order valence-electron chi connectivity index (χ3n) is 4.97. The Bertz CT molecular complexity index is 1260. The number of nitrogens with one attached hydrogen (secondary N) is 3. The highest BCUT2D eigenvalue weighted by Gasteiger charge is 2.08. The molecule has 10 heteroatoms. The summed E-state index contributed by atoms with van der Waals surface area (Å²) < 4.78 is 0. The number of aromatic nitrogens is 6. The van der Waals surface area contributed by atoms with Crippen LogP contribution in [0.1, 0.15) is 18.4 Å². The molecule has 4 aromatic rings. The number of fused-ring (bicyclic) bond motifs is 1. The Labute approximate surface area is 184 Å². The average molecular weight is 432 g/mol. The van der Waals surface area contributed by atoms with E-state index in [1.165, 1.54) is 4.80 Å². The quantitative estimate of drug-likeness (QED) is 0.344. The van der Waals surface area contributed by atoms with Gasteiger partial charge in [0.25, 0.3) is 5.56 Å². The lowest BCUT2D eigenvalue weighted by Gasteiger charge is -2.08. The van der Waals surface area contributed by atoms with Crippen LogP contribution in [0, 0.1) is 6.92 Å². The first-order valence-electron chi connectivity index (χ1n) is 10.4. The lowest BCUT2D eigenvalue weighted by Crippen LogP contribution is -2.27. The fraction of sp³-hybridized carbons (Fsp3) is 0.273. The fourth-order valence-corrected chi connectivity index (χ4v) is 3.22. The lowest BCUT2D eigenvalue weighted by molar-refractivity contribution is -0.121. The van der Waals surface area contributed by atoms with E-state index in [-0.39, 0.29) is 17.9 Å². The summed E-state index contributed by atoms with van der Waals surface area (Å²) in [6, 6.07) is 15.2. The molecular weight excluding hydrogens is 408 g/mol. The van der Waals surface area contributed by atoms with E-state index in [9.17, 15) is 9.59 Å². The molecule has 0 unspecified atom stereocenters. The second-order valence-corrected chi connectivity index (χ2v) is 7.40. The number of aryl methyl sites for hydroxylation is 2. The van der Waals surface area contributed by atoms with Crippen LogP contribution in [0.5, 0.6) is 0 Å². The maximum Gasteiger partial charge on any atom is 0.272 e. The third kappa shape index (κ3) is 5.15. The molecule has 2 heterocycles. The van der Waals surface area contributed by atoms with Crippen LogP contribution in [0.25, 0.3) is 22.2 Å². The number of benzene rings is 2. The number of amides is 1.